The smallest absolute Gasteiger partial charge is 0.325 e. The number of nitrogens with two attached hydrogens (primary N) is 2. The number of carboxylic acids is 2. The van der Waals surface area contributed by atoms with Gasteiger partial charge >= 0.3 is 11.9 Å². The molecule has 49 heavy (non-hydrogen) atoms. The van der Waals surface area contributed by atoms with Gasteiger partial charge < -0.3 is 58.7 Å². The molecule has 7 amide bonds. The fourth-order valence-corrected chi connectivity index (χ4v) is 4.12. The van der Waals surface area contributed by atoms with Crippen molar-refractivity contribution in [3.8, 4) is 0 Å². The lowest BCUT2D eigenvalue weighted by atomic mass is 9.97. The molecule has 0 aromatic carbocycles. The summed E-state index contributed by atoms with van der Waals surface area (Å²) >= 11 is 0. The molecule has 0 aliphatic carbocycles. The first kappa shape index (κ1) is 44.1. The van der Waals surface area contributed by atoms with E-state index in [-0.39, 0.29) is 0 Å². The molecule has 0 bridgehead atoms. The molecule has 0 aromatic rings. The molecule has 13 N–H and O–H groups in total. The lowest BCUT2D eigenvalue weighted by Gasteiger charge is -2.28. The van der Waals surface area contributed by atoms with Crippen molar-refractivity contribution in [1.29, 1.82) is 0 Å². The number of carbonyl (C=O) groups excluding carboxylic acids is 7. The van der Waals surface area contributed by atoms with Crippen LogP contribution in [-0.2, 0) is 43.2 Å². The van der Waals surface area contributed by atoms with Gasteiger partial charge in [-0.05, 0) is 32.6 Å². The Bertz CT molecular complexity index is 1240. The summed E-state index contributed by atoms with van der Waals surface area (Å²) in [6.07, 6.45) is -2.65. The second kappa shape index (κ2) is 20.5. The molecule has 0 aromatic heterocycles. The molecule has 9 atom stereocenters. The molecule has 0 aliphatic rings. The van der Waals surface area contributed by atoms with Gasteiger partial charge in [0.25, 0.3) is 0 Å². The number of aliphatic hydroxyl groups excluding tert-OH is 1. The van der Waals surface area contributed by atoms with Crippen LogP contribution in [0.15, 0.2) is 0 Å². The summed E-state index contributed by atoms with van der Waals surface area (Å²) in [7, 11) is 0. The maximum Gasteiger partial charge on any atom is 0.325 e. The summed E-state index contributed by atoms with van der Waals surface area (Å²) in [6, 6.07) is -10.1. The monoisotopic (exact) mass is 702 g/mol. The lowest BCUT2D eigenvalue weighted by Crippen LogP contribution is -2.62. The normalized spacial score (nSPS) is 16.5. The third-order valence-corrected chi connectivity index (χ3v) is 7.35. The zero-order valence-corrected chi connectivity index (χ0v) is 28.6. The van der Waals surface area contributed by atoms with Gasteiger partial charge in [0.05, 0.1) is 25.0 Å². The zero-order valence-electron chi connectivity index (χ0n) is 28.6. The number of hydrogen-bond acceptors (Lipinski definition) is 11. The van der Waals surface area contributed by atoms with Crippen LogP contribution in [0.1, 0.15) is 67.7 Å². The third kappa shape index (κ3) is 15.3. The molecular formula is C29H50N8O12. The van der Waals surface area contributed by atoms with Gasteiger partial charge in [-0.3, -0.25) is 43.2 Å². The molecule has 278 valence electrons. The van der Waals surface area contributed by atoms with Crippen LogP contribution >= 0.6 is 0 Å². The number of hydrogen-bond donors (Lipinski definition) is 11. The highest BCUT2D eigenvalue weighted by Crippen LogP contribution is 2.10. The standard InChI is InChI=1S/C29H50N8O12/c1-8-12(4)21(36-24(43)16(30)9-18(31)39)27(46)32-13(5)23(42)37-22(15(7)38)28(47)34-17(10-19(40)41)25(44)35-20(11(2)3)26(45)33-14(6)29(48)49/h11-17,20-22,38H,8-10,30H2,1-7H3,(H2,31,39)(H,32,46)(H,33,45)(H,34,47)(H,35,44)(H,36,43)(H,37,42)(H,40,41)(H,48,49)/t12-,13-,14-,15+,16-,17-,20-,21-,22-/m0/s1. The van der Waals surface area contributed by atoms with Crippen molar-refractivity contribution in [2.45, 2.75) is 116 Å². The van der Waals surface area contributed by atoms with Gasteiger partial charge in [0.1, 0.15) is 36.3 Å². The third-order valence-electron chi connectivity index (χ3n) is 7.35. The van der Waals surface area contributed by atoms with Crippen LogP contribution in [0.5, 0.6) is 0 Å². The molecule has 0 aliphatic heterocycles. The minimum Gasteiger partial charge on any atom is -0.481 e. The Morgan fingerprint density at radius 2 is 1.06 bits per heavy atom. The Balaban J connectivity index is 5.83. The quantitative estimate of drug-likeness (QED) is 0.0541. The van der Waals surface area contributed by atoms with Crippen molar-refractivity contribution in [3.63, 3.8) is 0 Å². The average Bonchev–Trinajstić information content (AvgIpc) is 2.98. The minimum absolute atomic E-state index is 0.406. The van der Waals surface area contributed by atoms with E-state index in [2.05, 4.69) is 31.9 Å². The number of carboxylic acid groups (broad SMARTS) is 2. The first-order valence-corrected chi connectivity index (χ1v) is 15.5. The van der Waals surface area contributed by atoms with Gasteiger partial charge in [-0.1, -0.05) is 34.1 Å². The summed E-state index contributed by atoms with van der Waals surface area (Å²) in [4.78, 5) is 111. The summed E-state index contributed by atoms with van der Waals surface area (Å²) in [5.41, 5.74) is 10.7. The predicted molar refractivity (Wildman–Crippen MR) is 171 cm³/mol. The maximum atomic E-state index is 13.2. The van der Waals surface area contributed by atoms with E-state index in [1.165, 1.54) is 27.7 Å². The van der Waals surface area contributed by atoms with Crippen LogP contribution in [0, 0.1) is 11.8 Å². The van der Waals surface area contributed by atoms with E-state index in [1.54, 1.807) is 13.8 Å². The highest BCUT2D eigenvalue weighted by Gasteiger charge is 2.36. The highest BCUT2D eigenvalue weighted by atomic mass is 16.4. The molecule has 0 spiro atoms. The molecule has 0 saturated heterocycles. The van der Waals surface area contributed by atoms with Crippen molar-refractivity contribution >= 4 is 53.3 Å². The summed E-state index contributed by atoms with van der Waals surface area (Å²) < 4.78 is 0. The van der Waals surface area contributed by atoms with E-state index in [0.717, 1.165) is 6.92 Å². The van der Waals surface area contributed by atoms with E-state index < -0.39 is 126 Å². The molecule has 0 unspecified atom stereocenters. The molecular weight excluding hydrogens is 652 g/mol. The number of nitrogens with one attached hydrogen (secondary N) is 6. The van der Waals surface area contributed by atoms with Gasteiger partial charge in [0, 0.05) is 0 Å². The lowest BCUT2D eigenvalue weighted by molar-refractivity contribution is -0.143. The van der Waals surface area contributed by atoms with E-state index in [9.17, 15) is 53.4 Å². The first-order chi connectivity index (χ1) is 22.5. The first-order valence-electron chi connectivity index (χ1n) is 15.5. The van der Waals surface area contributed by atoms with Crippen molar-refractivity contribution in [2.24, 2.45) is 23.3 Å². The molecule has 0 fully saturated rings. The number of aliphatic hydroxyl groups is 1. The second-order valence-corrected chi connectivity index (χ2v) is 12.1. The van der Waals surface area contributed by atoms with Gasteiger partial charge in [-0.25, -0.2) is 0 Å². The van der Waals surface area contributed by atoms with Crippen LogP contribution in [0.25, 0.3) is 0 Å². The maximum absolute atomic E-state index is 13.2. The Morgan fingerprint density at radius 1 is 0.592 bits per heavy atom. The zero-order chi connectivity index (χ0) is 38.3. The van der Waals surface area contributed by atoms with Crippen LogP contribution in [-0.4, -0.2) is 117 Å². The molecule has 0 radical (unpaired) electrons. The number of aliphatic carboxylic acids is 2. The average molecular weight is 703 g/mol. The second-order valence-electron chi connectivity index (χ2n) is 12.1. The van der Waals surface area contributed by atoms with Gasteiger partial charge in [-0.2, -0.15) is 0 Å². The minimum atomic E-state index is -1.81. The van der Waals surface area contributed by atoms with E-state index >= 15 is 0 Å². The molecule has 0 heterocycles. The Morgan fingerprint density at radius 3 is 1.51 bits per heavy atom. The van der Waals surface area contributed by atoms with Crippen LogP contribution in [0.2, 0.25) is 0 Å². The summed E-state index contributed by atoms with van der Waals surface area (Å²) in [5, 5.41) is 42.4. The number of carbonyl (C=O) groups is 9. The van der Waals surface area contributed by atoms with Crippen LogP contribution < -0.4 is 43.4 Å². The largest absolute Gasteiger partial charge is 0.481 e. The Labute approximate surface area is 283 Å². The van der Waals surface area contributed by atoms with Crippen molar-refractivity contribution < 1.29 is 58.5 Å². The topological polar surface area (TPSA) is 339 Å². The summed E-state index contributed by atoms with van der Waals surface area (Å²) in [6.45, 7) is 9.97. The van der Waals surface area contributed by atoms with Crippen molar-refractivity contribution in [1.82, 2.24) is 31.9 Å². The fraction of sp³-hybridized carbons (Fsp3) is 0.690. The molecule has 0 saturated carbocycles. The number of amides is 7. The van der Waals surface area contributed by atoms with Crippen molar-refractivity contribution in [2.75, 3.05) is 0 Å². The summed E-state index contributed by atoms with van der Waals surface area (Å²) in [5.74, 6) is -10.6. The molecule has 20 nitrogen and oxygen atoms in total. The fourth-order valence-electron chi connectivity index (χ4n) is 4.12. The predicted octanol–water partition coefficient (Wildman–Crippen LogP) is -4.22. The van der Waals surface area contributed by atoms with Gasteiger partial charge in [0.15, 0.2) is 0 Å². The Kier molecular flexibility index (Phi) is 18.5. The molecule has 20 heteroatoms. The highest BCUT2D eigenvalue weighted by molar-refractivity contribution is 5.98. The van der Waals surface area contributed by atoms with E-state index in [0.29, 0.717) is 6.42 Å². The van der Waals surface area contributed by atoms with Crippen LogP contribution in [0.3, 0.4) is 0 Å². The SMILES string of the molecule is CC[C@H](C)[C@H](NC(=O)[C@@H](N)CC(N)=O)C(=O)N[C@@H](C)C(=O)N[C@H](C(=O)N[C@@H](CC(=O)O)C(=O)N[C@H](C(=O)N[C@@H](C)C(=O)O)C(C)C)[C@@H](C)O. The molecule has 0 rings (SSSR count). The van der Waals surface area contributed by atoms with Crippen LogP contribution in [0.4, 0.5) is 0 Å². The Hall–Kier alpha value is -4.85. The van der Waals surface area contributed by atoms with Crippen molar-refractivity contribution in [3.05, 3.63) is 0 Å². The van der Waals surface area contributed by atoms with E-state index in [1.807, 2.05) is 0 Å². The van der Waals surface area contributed by atoms with Gasteiger partial charge in [0.2, 0.25) is 41.4 Å². The number of primary amides is 1. The van der Waals surface area contributed by atoms with E-state index in [4.69, 9.17) is 16.6 Å². The number of rotatable bonds is 21. The van der Waals surface area contributed by atoms with Gasteiger partial charge in [-0.15, -0.1) is 0 Å².